The van der Waals surface area contributed by atoms with Crippen LogP contribution in [-0.2, 0) is 9.59 Å². The second-order valence-electron chi connectivity index (χ2n) is 11.5. The summed E-state index contributed by atoms with van der Waals surface area (Å²) in [7, 11) is 0. The number of rotatable bonds is 3. The van der Waals surface area contributed by atoms with E-state index in [4.69, 9.17) is 0 Å². The molecule has 0 unspecified atom stereocenters. The molecule has 10 atom stereocenters. The van der Waals surface area contributed by atoms with E-state index in [0.717, 1.165) is 25.7 Å². The number of carbonyl (C=O) groups is 2. The van der Waals surface area contributed by atoms with Gasteiger partial charge in [0.25, 0.3) is 0 Å². The van der Waals surface area contributed by atoms with Gasteiger partial charge in [0.05, 0.1) is 5.60 Å². The number of aliphatic hydroxyl groups is 1. The summed E-state index contributed by atoms with van der Waals surface area (Å²) < 4.78 is 0. The summed E-state index contributed by atoms with van der Waals surface area (Å²) in [6, 6.07) is 0. The van der Waals surface area contributed by atoms with Crippen molar-refractivity contribution in [2.45, 2.75) is 70.8 Å². The molecule has 5 fully saturated rings. The third-order valence-electron chi connectivity index (χ3n) is 10.6. The molecular formula is C24H31NaO4. The van der Waals surface area contributed by atoms with E-state index in [1.165, 1.54) is 12.0 Å². The molecule has 29 heavy (non-hydrogen) atoms. The summed E-state index contributed by atoms with van der Waals surface area (Å²) in [6.45, 7) is 4.69. The summed E-state index contributed by atoms with van der Waals surface area (Å²) in [5.41, 5.74) is 0.619. The van der Waals surface area contributed by atoms with Gasteiger partial charge in [-0.1, -0.05) is 19.4 Å². The summed E-state index contributed by atoms with van der Waals surface area (Å²) in [4.78, 5) is 23.3. The number of carbonyl (C=O) groups excluding carboxylic acids is 2. The molecule has 0 aromatic carbocycles. The Morgan fingerprint density at radius 2 is 1.97 bits per heavy atom. The monoisotopic (exact) mass is 406 g/mol. The van der Waals surface area contributed by atoms with Gasteiger partial charge in [-0.2, -0.15) is 0 Å². The zero-order chi connectivity index (χ0) is 19.6. The Balaban J connectivity index is 0.00000181. The molecule has 0 saturated heterocycles. The maximum absolute atomic E-state index is 12.1. The number of ketones is 1. The third-order valence-corrected chi connectivity index (χ3v) is 10.6. The SMILES string of the molecule is C[C@]12CCC(=O)C=C1[C@@H]1C[C@@H]1[C@H]1[C@@H]3[C@@H]4C[C@@H]4[C@@](O)(CCC(=O)[O-])[C@@]3(C)CC[C@@H]12.[Na+]. The van der Waals surface area contributed by atoms with Gasteiger partial charge in [-0.25, -0.2) is 0 Å². The topological polar surface area (TPSA) is 77.4 Å². The zero-order valence-corrected chi connectivity index (χ0v) is 19.9. The Morgan fingerprint density at radius 3 is 2.69 bits per heavy atom. The molecule has 1 N–H and O–H groups in total. The number of hydrogen-bond acceptors (Lipinski definition) is 4. The smallest absolute Gasteiger partial charge is 0.550 e. The van der Waals surface area contributed by atoms with Crippen molar-refractivity contribution in [3.8, 4) is 0 Å². The minimum atomic E-state index is -1.04. The average molecular weight is 406 g/mol. The maximum Gasteiger partial charge on any atom is 1.00 e. The van der Waals surface area contributed by atoms with Crippen LogP contribution in [0, 0.1) is 52.3 Å². The molecule has 6 aliphatic rings. The molecule has 0 spiro atoms. The summed E-state index contributed by atoms with van der Waals surface area (Å²) in [5.74, 6) is 3.20. The Hall–Kier alpha value is -0.160. The molecule has 0 aliphatic heterocycles. The Bertz CT molecular complexity index is 822. The Labute approximate surface area is 195 Å². The zero-order valence-electron chi connectivity index (χ0n) is 17.9. The van der Waals surface area contributed by atoms with Gasteiger partial charge in [0.1, 0.15) is 0 Å². The number of hydrogen-bond donors (Lipinski definition) is 1. The predicted octanol–water partition coefficient (Wildman–Crippen LogP) is -0.505. The fourth-order valence-corrected chi connectivity index (χ4v) is 9.27. The standard InChI is InChI=1S/C24H32O4.Na/c1-22-6-3-12(25)9-17(22)13-10-14(13)20-16(22)4-7-23(2)21(20)15-11-18(15)24(23,28)8-5-19(26)27;/h9,13-16,18,20-21,28H,3-8,10-11H2,1-2H3,(H,26,27);/q;+1/p-1/t13-,14+,15-,16+,18+,20-,21+,22-,23+,24+;/m1./s1. The summed E-state index contributed by atoms with van der Waals surface area (Å²) in [5, 5.41) is 22.9. The van der Waals surface area contributed by atoms with E-state index < -0.39 is 11.6 Å². The van der Waals surface area contributed by atoms with Crippen molar-refractivity contribution in [3.05, 3.63) is 11.6 Å². The largest absolute Gasteiger partial charge is 1.00 e. The van der Waals surface area contributed by atoms with Crippen LogP contribution < -0.4 is 34.7 Å². The fraction of sp³-hybridized carbons (Fsp3) is 0.833. The molecule has 0 aromatic rings. The van der Waals surface area contributed by atoms with Crippen molar-refractivity contribution < 1.29 is 49.4 Å². The number of carboxylic acids is 1. The van der Waals surface area contributed by atoms with E-state index in [2.05, 4.69) is 13.8 Å². The second kappa shape index (κ2) is 6.21. The molecule has 0 bridgehead atoms. The average Bonchev–Trinajstić information content (AvgIpc) is 3.53. The van der Waals surface area contributed by atoms with Crippen LogP contribution in [0.1, 0.15) is 65.2 Å². The Kier molecular flexibility index (Phi) is 4.44. The van der Waals surface area contributed by atoms with Crippen LogP contribution in [0.3, 0.4) is 0 Å². The van der Waals surface area contributed by atoms with Gasteiger partial charge < -0.3 is 15.0 Å². The second-order valence-corrected chi connectivity index (χ2v) is 11.5. The van der Waals surface area contributed by atoms with Crippen molar-refractivity contribution in [2.24, 2.45) is 52.3 Å². The normalized spacial score (nSPS) is 55.9. The number of fused-ring (bicyclic) bond motifs is 10. The third kappa shape index (κ3) is 2.46. The van der Waals surface area contributed by atoms with Crippen molar-refractivity contribution in [3.63, 3.8) is 0 Å². The molecule has 4 nitrogen and oxygen atoms in total. The van der Waals surface area contributed by atoms with E-state index in [1.807, 2.05) is 6.08 Å². The van der Waals surface area contributed by atoms with Crippen LogP contribution in [-0.4, -0.2) is 22.5 Å². The minimum absolute atomic E-state index is 0. The quantitative estimate of drug-likeness (QED) is 0.641. The van der Waals surface area contributed by atoms with Gasteiger partial charge in [0.2, 0.25) is 0 Å². The van der Waals surface area contributed by atoms with E-state index in [-0.39, 0.29) is 52.7 Å². The van der Waals surface area contributed by atoms with Crippen LogP contribution in [0.15, 0.2) is 11.6 Å². The molecular weight excluding hydrogens is 375 g/mol. The van der Waals surface area contributed by atoms with Crippen LogP contribution in [0.2, 0.25) is 0 Å². The maximum atomic E-state index is 12.1. The molecule has 5 heteroatoms. The summed E-state index contributed by atoms with van der Waals surface area (Å²) in [6.07, 6.45) is 8.39. The first-order chi connectivity index (χ1) is 13.2. The molecule has 0 amide bonds. The van der Waals surface area contributed by atoms with Gasteiger partial charge in [0, 0.05) is 12.4 Å². The molecule has 152 valence electrons. The van der Waals surface area contributed by atoms with Gasteiger partial charge in [-0.15, -0.1) is 0 Å². The molecule has 6 aliphatic carbocycles. The van der Waals surface area contributed by atoms with Gasteiger partial charge in [-0.3, -0.25) is 4.79 Å². The van der Waals surface area contributed by atoms with Crippen LogP contribution in [0.4, 0.5) is 0 Å². The van der Waals surface area contributed by atoms with E-state index in [0.29, 0.717) is 54.1 Å². The van der Waals surface area contributed by atoms with E-state index >= 15 is 0 Å². The first-order valence-electron chi connectivity index (χ1n) is 11.4. The van der Waals surface area contributed by atoms with Crippen LogP contribution in [0.25, 0.3) is 0 Å². The number of carboxylic acid groups (broad SMARTS) is 1. The van der Waals surface area contributed by atoms with Crippen LogP contribution in [0.5, 0.6) is 0 Å². The summed E-state index contributed by atoms with van der Waals surface area (Å²) >= 11 is 0. The molecule has 0 heterocycles. The number of aliphatic carboxylic acids is 1. The number of allylic oxidation sites excluding steroid dienone is 1. The molecule has 5 saturated carbocycles. The van der Waals surface area contributed by atoms with E-state index in [1.54, 1.807) is 0 Å². The van der Waals surface area contributed by atoms with Crippen molar-refractivity contribution in [1.82, 2.24) is 0 Å². The first kappa shape index (κ1) is 20.7. The minimum Gasteiger partial charge on any atom is -0.550 e. The van der Waals surface area contributed by atoms with E-state index in [9.17, 15) is 19.8 Å². The van der Waals surface area contributed by atoms with Crippen molar-refractivity contribution in [1.29, 1.82) is 0 Å². The van der Waals surface area contributed by atoms with Gasteiger partial charge >= 0.3 is 29.6 Å². The fourth-order valence-electron chi connectivity index (χ4n) is 9.27. The molecule has 0 aromatic heterocycles. The predicted molar refractivity (Wildman–Crippen MR) is 101 cm³/mol. The van der Waals surface area contributed by atoms with Crippen molar-refractivity contribution >= 4 is 11.8 Å². The van der Waals surface area contributed by atoms with Gasteiger partial charge in [-0.05, 0) is 103 Å². The van der Waals surface area contributed by atoms with Crippen LogP contribution >= 0.6 is 0 Å². The molecule has 0 radical (unpaired) electrons. The molecule has 6 rings (SSSR count). The van der Waals surface area contributed by atoms with Crippen molar-refractivity contribution in [2.75, 3.05) is 0 Å². The first-order valence-corrected chi connectivity index (χ1v) is 11.4. The van der Waals surface area contributed by atoms with Gasteiger partial charge in [0.15, 0.2) is 5.78 Å². The Morgan fingerprint density at radius 1 is 1.21 bits per heavy atom.